The summed E-state index contributed by atoms with van der Waals surface area (Å²) in [6.45, 7) is 3.05. The fraction of sp³-hybridized carbons (Fsp3) is 0.357. The Morgan fingerprint density at radius 2 is 2.33 bits per heavy atom. The third-order valence-electron chi connectivity index (χ3n) is 2.77. The lowest BCUT2D eigenvalue weighted by Gasteiger charge is -2.18. The number of nitrogens with zero attached hydrogens (tertiary/aromatic N) is 1. The van der Waals surface area contributed by atoms with Crippen molar-refractivity contribution < 1.29 is 9.15 Å². The summed E-state index contributed by atoms with van der Waals surface area (Å²) in [6.07, 6.45) is 6.23. The standard InChI is InChI=1S/C14H18N2O2/c1-3-7-16-14(12-5-4-9-18-12)11-6-8-15-10-13(11)17-2/h4-6,8-10,14,16H,3,7H2,1-2H3. The van der Waals surface area contributed by atoms with Crippen LogP contribution in [0.1, 0.15) is 30.7 Å². The van der Waals surface area contributed by atoms with Crippen molar-refractivity contribution >= 4 is 0 Å². The molecule has 2 heterocycles. The van der Waals surface area contributed by atoms with Gasteiger partial charge >= 0.3 is 0 Å². The quantitative estimate of drug-likeness (QED) is 0.851. The van der Waals surface area contributed by atoms with Crippen molar-refractivity contribution in [3.05, 3.63) is 48.2 Å². The van der Waals surface area contributed by atoms with Crippen LogP contribution in [0.3, 0.4) is 0 Å². The summed E-state index contributed by atoms with van der Waals surface area (Å²) < 4.78 is 10.9. The molecule has 0 aliphatic heterocycles. The number of methoxy groups -OCH3 is 1. The molecule has 0 aliphatic rings. The maximum Gasteiger partial charge on any atom is 0.142 e. The molecule has 0 fully saturated rings. The van der Waals surface area contributed by atoms with Crippen molar-refractivity contribution in [2.24, 2.45) is 0 Å². The van der Waals surface area contributed by atoms with Crippen LogP contribution in [-0.2, 0) is 0 Å². The number of rotatable bonds is 6. The van der Waals surface area contributed by atoms with Crippen LogP contribution in [-0.4, -0.2) is 18.6 Å². The summed E-state index contributed by atoms with van der Waals surface area (Å²) in [7, 11) is 1.65. The van der Waals surface area contributed by atoms with Crippen LogP contribution >= 0.6 is 0 Å². The van der Waals surface area contributed by atoms with Gasteiger partial charge < -0.3 is 14.5 Å². The summed E-state index contributed by atoms with van der Waals surface area (Å²) in [5.74, 6) is 1.65. The number of nitrogens with one attached hydrogen (secondary N) is 1. The third kappa shape index (κ3) is 2.71. The molecule has 2 rings (SSSR count). The predicted molar refractivity (Wildman–Crippen MR) is 69.6 cm³/mol. The van der Waals surface area contributed by atoms with Gasteiger partial charge in [0.05, 0.1) is 25.6 Å². The van der Waals surface area contributed by atoms with Crippen molar-refractivity contribution in [2.75, 3.05) is 13.7 Å². The minimum Gasteiger partial charge on any atom is -0.495 e. The molecular weight excluding hydrogens is 228 g/mol. The first-order valence-electron chi connectivity index (χ1n) is 6.11. The van der Waals surface area contributed by atoms with Crippen LogP contribution in [0.5, 0.6) is 5.75 Å². The fourth-order valence-corrected chi connectivity index (χ4v) is 1.91. The first-order valence-corrected chi connectivity index (χ1v) is 6.11. The molecule has 0 aromatic carbocycles. The largest absolute Gasteiger partial charge is 0.495 e. The van der Waals surface area contributed by atoms with Crippen LogP contribution in [0, 0.1) is 0 Å². The Kier molecular flexibility index (Phi) is 4.36. The topological polar surface area (TPSA) is 47.3 Å². The lowest BCUT2D eigenvalue weighted by atomic mass is 10.0. The van der Waals surface area contributed by atoms with Crippen molar-refractivity contribution in [3.8, 4) is 5.75 Å². The van der Waals surface area contributed by atoms with Crippen LogP contribution in [0.2, 0.25) is 0 Å². The van der Waals surface area contributed by atoms with Crippen molar-refractivity contribution in [3.63, 3.8) is 0 Å². The van der Waals surface area contributed by atoms with Crippen molar-refractivity contribution in [2.45, 2.75) is 19.4 Å². The van der Waals surface area contributed by atoms with Gasteiger partial charge in [0, 0.05) is 11.8 Å². The summed E-state index contributed by atoms with van der Waals surface area (Å²) in [6, 6.07) is 5.81. The van der Waals surface area contributed by atoms with Crippen LogP contribution in [0.15, 0.2) is 41.3 Å². The first-order chi connectivity index (χ1) is 8.86. The van der Waals surface area contributed by atoms with Gasteiger partial charge in [0.25, 0.3) is 0 Å². The summed E-state index contributed by atoms with van der Waals surface area (Å²) >= 11 is 0. The summed E-state index contributed by atoms with van der Waals surface area (Å²) in [4.78, 5) is 4.08. The van der Waals surface area contributed by atoms with E-state index in [0.717, 1.165) is 30.0 Å². The second-order valence-electron chi connectivity index (χ2n) is 4.02. The molecule has 0 saturated carbocycles. The normalized spacial score (nSPS) is 12.3. The molecule has 0 aliphatic carbocycles. The smallest absolute Gasteiger partial charge is 0.142 e. The summed E-state index contributed by atoms with van der Waals surface area (Å²) in [5, 5.41) is 3.46. The molecule has 96 valence electrons. The minimum atomic E-state index is -0.00194. The van der Waals surface area contributed by atoms with E-state index in [-0.39, 0.29) is 6.04 Å². The van der Waals surface area contributed by atoms with Gasteiger partial charge in [-0.05, 0) is 31.2 Å². The van der Waals surface area contributed by atoms with E-state index >= 15 is 0 Å². The molecule has 4 heteroatoms. The Morgan fingerprint density at radius 1 is 1.44 bits per heavy atom. The van der Waals surface area contributed by atoms with E-state index in [9.17, 15) is 0 Å². The van der Waals surface area contributed by atoms with Crippen LogP contribution in [0.4, 0.5) is 0 Å². The molecular formula is C14H18N2O2. The number of pyridine rings is 1. The highest BCUT2D eigenvalue weighted by molar-refractivity contribution is 5.37. The Morgan fingerprint density at radius 3 is 3.00 bits per heavy atom. The predicted octanol–water partition coefficient (Wildman–Crippen LogP) is 2.77. The lowest BCUT2D eigenvalue weighted by molar-refractivity contribution is 0.390. The second kappa shape index (κ2) is 6.21. The van der Waals surface area contributed by atoms with E-state index in [0.29, 0.717) is 0 Å². The van der Waals surface area contributed by atoms with Gasteiger partial charge in [-0.1, -0.05) is 6.92 Å². The molecule has 1 N–H and O–H groups in total. The Labute approximate surface area is 107 Å². The number of ether oxygens (including phenoxy) is 1. The average molecular weight is 246 g/mol. The van der Waals surface area contributed by atoms with E-state index < -0.39 is 0 Å². The van der Waals surface area contributed by atoms with Crippen molar-refractivity contribution in [1.82, 2.24) is 10.3 Å². The Hall–Kier alpha value is -1.81. The zero-order valence-corrected chi connectivity index (χ0v) is 10.7. The molecule has 0 bridgehead atoms. The van der Waals surface area contributed by atoms with Gasteiger partial charge in [-0.15, -0.1) is 0 Å². The zero-order valence-electron chi connectivity index (χ0n) is 10.7. The fourth-order valence-electron chi connectivity index (χ4n) is 1.91. The highest BCUT2D eigenvalue weighted by Gasteiger charge is 2.19. The zero-order chi connectivity index (χ0) is 12.8. The molecule has 2 aromatic rings. The van der Waals surface area contributed by atoms with Gasteiger partial charge in [0.15, 0.2) is 0 Å². The molecule has 0 spiro atoms. The molecule has 0 amide bonds. The van der Waals surface area contributed by atoms with Crippen molar-refractivity contribution in [1.29, 1.82) is 0 Å². The molecule has 18 heavy (non-hydrogen) atoms. The third-order valence-corrected chi connectivity index (χ3v) is 2.77. The lowest BCUT2D eigenvalue weighted by Crippen LogP contribution is -2.23. The maximum absolute atomic E-state index is 5.51. The highest BCUT2D eigenvalue weighted by atomic mass is 16.5. The monoisotopic (exact) mass is 246 g/mol. The minimum absolute atomic E-state index is 0.00194. The van der Waals surface area contributed by atoms with Crippen LogP contribution in [0.25, 0.3) is 0 Å². The van der Waals surface area contributed by atoms with E-state index in [2.05, 4.69) is 17.2 Å². The molecule has 4 nitrogen and oxygen atoms in total. The van der Waals surface area contributed by atoms with Gasteiger partial charge in [-0.25, -0.2) is 0 Å². The molecule has 0 saturated heterocycles. The Balaban J connectivity index is 2.33. The average Bonchev–Trinajstić information content (AvgIpc) is 2.94. The molecule has 0 radical (unpaired) electrons. The second-order valence-corrected chi connectivity index (χ2v) is 4.02. The van der Waals surface area contributed by atoms with Gasteiger partial charge in [0.1, 0.15) is 11.5 Å². The van der Waals surface area contributed by atoms with Gasteiger partial charge in [-0.3, -0.25) is 4.98 Å². The van der Waals surface area contributed by atoms with E-state index in [1.165, 1.54) is 0 Å². The highest BCUT2D eigenvalue weighted by Crippen LogP contribution is 2.29. The molecule has 1 atom stereocenters. The number of furan rings is 1. The Bertz CT molecular complexity index is 468. The molecule has 2 aromatic heterocycles. The molecule has 1 unspecified atom stereocenters. The first kappa shape index (κ1) is 12.6. The van der Waals surface area contributed by atoms with Gasteiger partial charge in [-0.2, -0.15) is 0 Å². The number of aromatic nitrogens is 1. The number of hydrogen-bond acceptors (Lipinski definition) is 4. The van der Waals surface area contributed by atoms with Crippen LogP contribution < -0.4 is 10.1 Å². The van der Waals surface area contributed by atoms with Gasteiger partial charge in [0.2, 0.25) is 0 Å². The van der Waals surface area contributed by atoms with E-state index in [1.54, 1.807) is 25.8 Å². The van der Waals surface area contributed by atoms with E-state index in [1.807, 2.05) is 18.2 Å². The summed E-state index contributed by atoms with van der Waals surface area (Å²) in [5.41, 5.74) is 1.04. The number of hydrogen-bond donors (Lipinski definition) is 1. The van der Waals surface area contributed by atoms with E-state index in [4.69, 9.17) is 9.15 Å². The maximum atomic E-state index is 5.51. The SMILES string of the molecule is CCCNC(c1ccco1)c1ccncc1OC.